The van der Waals surface area contributed by atoms with E-state index in [1.807, 2.05) is 51.1 Å². The van der Waals surface area contributed by atoms with E-state index < -0.39 is 0 Å². The molecule has 5 nitrogen and oxygen atoms in total. The predicted molar refractivity (Wildman–Crippen MR) is 112 cm³/mol. The van der Waals surface area contributed by atoms with Crippen LogP contribution in [0.4, 0.5) is 10.2 Å². The molecule has 0 aliphatic heterocycles. The van der Waals surface area contributed by atoms with Crippen molar-refractivity contribution in [3.8, 4) is 5.82 Å². The molecule has 4 aromatic rings. The van der Waals surface area contributed by atoms with Gasteiger partial charge < -0.3 is 5.32 Å². The highest BCUT2D eigenvalue weighted by molar-refractivity contribution is 5.92. The number of nitrogens with zero attached hydrogens (tertiary/aromatic N) is 3. The van der Waals surface area contributed by atoms with Gasteiger partial charge in [-0.3, -0.25) is 4.79 Å². The lowest BCUT2D eigenvalue weighted by Gasteiger charge is -2.12. The van der Waals surface area contributed by atoms with Crippen molar-refractivity contribution in [3.05, 3.63) is 82.8 Å². The van der Waals surface area contributed by atoms with Gasteiger partial charge in [-0.15, -0.1) is 0 Å². The molecule has 1 N–H and O–H groups in total. The second-order valence-electron chi connectivity index (χ2n) is 7.20. The maximum Gasteiger partial charge on any atom is 0.229 e. The second kappa shape index (κ2) is 7.47. The van der Waals surface area contributed by atoms with Gasteiger partial charge in [-0.1, -0.05) is 30.3 Å². The zero-order chi connectivity index (χ0) is 20.5. The van der Waals surface area contributed by atoms with Gasteiger partial charge in [0.05, 0.1) is 17.6 Å². The van der Waals surface area contributed by atoms with E-state index in [9.17, 15) is 9.18 Å². The van der Waals surface area contributed by atoms with Crippen LogP contribution in [-0.4, -0.2) is 20.7 Å². The Bertz CT molecular complexity index is 1210. The van der Waals surface area contributed by atoms with E-state index in [-0.39, 0.29) is 18.1 Å². The summed E-state index contributed by atoms with van der Waals surface area (Å²) in [6, 6.07) is 15.8. The second-order valence-corrected chi connectivity index (χ2v) is 7.20. The number of anilines is 1. The Morgan fingerprint density at radius 2 is 1.79 bits per heavy atom. The molecule has 0 bridgehead atoms. The number of pyridine rings is 1. The highest BCUT2D eigenvalue weighted by atomic mass is 19.1. The van der Waals surface area contributed by atoms with E-state index in [2.05, 4.69) is 10.4 Å². The fourth-order valence-electron chi connectivity index (χ4n) is 3.39. The Balaban J connectivity index is 1.66. The molecular formula is C23H21FN4O. The van der Waals surface area contributed by atoms with E-state index >= 15 is 0 Å². The monoisotopic (exact) mass is 388 g/mol. The number of rotatable bonds is 4. The molecular weight excluding hydrogens is 367 g/mol. The summed E-state index contributed by atoms with van der Waals surface area (Å²) < 4.78 is 14.7. The van der Waals surface area contributed by atoms with Crippen molar-refractivity contribution in [2.75, 3.05) is 5.32 Å². The molecule has 2 aromatic heterocycles. The predicted octanol–water partition coefficient (Wildman–Crippen LogP) is 4.67. The zero-order valence-corrected chi connectivity index (χ0v) is 16.5. The van der Waals surface area contributed by atoms with Crippen molar-refractivity contribution in [1.29, 1.82) is 0 Å². The molecule has 6 heteroatoms. The van der Waals surface area contributed by atoms with Crippen LogP contribution < -0.4 is 5.32 Å². The van der Waals surface area contributed by atoms with Crippen LogP contribution in [0.15, 0.2) is 54.6 Å². The SMILES string of the molecule is Cc1cc(NC(=O)Cc2ccc(F)cc2)n(-c2cc(C)c3cccc(C)c3n2)n1. The summed E-state index contributed by atoms with van der Waals surface area (Å²) in [5.41, 5.74) is 4.59. The lowest BCUT2D eigenvalue weighted by atomic mass is 10.1. The van der Waals surface area contributed by atoms with Crippen molar-refractivity contribution in [3.63, 3.8) is 0 Å². The molecule has 29 heavy (non-hydrogen) atoms. The number of amides is 1. The third kappa shape index (κ3) is 3.87. The minimum absolute atomic E-state index is 0.147. The first-order valence-corrected chi connectivity index (χ1v) is 9.39. The quantitative estimate of drug-likeness (QED) is 0.553. The molecule has 4 rings (SSSR count). The Morgan fingerprint density at radius 1 is 1.03 bits per heavy atom. The average molecular weight is 388 g/mol. The van der Waals surface area contributed by atoms with Crippen molar-refractivity contribution in [2.45, 2.75) is 27.2 Å². The van der Waals surface area contributed by atoms with Gasteiger partial charge in [-0.2, -0.15) is 9.78 Å². The molecule has 0 radical (unpaired) electrons. The molecule has 1 amide bonds. The lowest BCUT2D eigenvalue weighted by Crippen LogP contribution is -2.17. The zero-order valence-electron chi connectivity index (χ0n) is 16.5. The number of nitrogens with one attached hydrogen (secondary N) is 1. The minimum Gasteiger partial charge on any atom is -0.310 e. The van der Waals surface area contributed by atoms with Crippen LogP contribution in [0.2, 0.25) is 0 Å². The van der Waals surface area contributed by atoms with Crippen molar-refractivity contribution < 1.29 is 9.18 Å². The van der Waals surface area contributed by atoms with Gasteiger partial charge in [-0.05, 0) is 55.7 Å². The van der Waals surface area contributed by atoms with E-state index in [4.69, 9.17) is 4.98 Å². The highest BCUT2D eigenvalue weighted by Gasteiger charge is 2.14. The summed E-state index contributed by atoms with van der Waals surface area (Å²) in [4.78, 5) is 17.3. The molecule has 0 aliphatic rings. The molecule has 0 aliphatic carbocycles. The van der Waals surface area contributed by atoms with Crippen molar-refractivity contribution in [1.82, 2.24) is 14.8 Å². The van der Waals surface area contributed by atoms with Crippen LogP contribution in [0.5, 0.6) is 0 Å². The van der Waals surface area contributed by atoms with Gasteiger partial charge in [0.25, 0.3) is 0 Å². The van der Waals surface area contributed by atoms with Crippen molar-refractivity contribution >= 4 is 22.6 Å². The number of aryl methyl sites for hydroxylation is 3. The fourth-order valence-corrected chi connectivity index (χ4v) is 3.39. The number of fused-ring (bicyclic) bond motifs is 1. The van der Waals surface area contributed by atoms with E-state index in [1.165, 1.54) is 12.1 Å². The normalized spacial score (nSPS) is 11.0. The maximum atomic E-state index is 13.1. The standard InChI is InChI=1S/C23H21FN4O/c1-14-5-4-6-19-15(2)11-20(26-23(14)19)28-21(12-16(3)27-28)25-22(29)13-17-7-9-18(24)10-8-17/h4-12H,13H2,1-3H3,(H,25,29). The molecule has 0 atom stereocenters. The topological polar surface area (TPSA) is 59.8 Å². The van der Waals surface area contributed by atoms with Crippen LogP contribution in [0, 0.1) is 26.6 Å². The summed E-state index contributed by atoms with van der Waals surface area (Å²) in [5.74, 6) is 0.672. The van der Waals surface area contributed by atoms with Crippen LogP contribution >= 0.6 is 0 Å². The third-order valence-corrected chi connectivity index (χ3v) is 4.83. The van der Waals surface area contributed by atoms with Crippen molar-refractivity contribution in [2.24, 2.45) is 0 Å². The van der Waals surface area contributed by atoms with E-state index in [0.29, 0.717) is 11.6 Å². The Hall–Kier alpha value is -3.54. The number of halogens is 1. The molecule has 146 valence electrons. The smallest absolute Gasteiger partial charge is 0.229 e. The largest absolute Gasteiger partial charge is 0.310 e. The minimum atomic E-state index is -0.323. The van der Waals surface area contributed by atoms with E-state index in [1.54, 1.807) is 16.8 Å². The Morgan fingerprint density at radius 3 is 2.55 bits per heavy atom. The van der Waals surface area contributed by atoms with Gasteiger partial charge in [0.2, 0.25) is 5.91 Å². The first-order valence-electron chi connectivity index (χ1n) is 9.39. The summed E-state index contributed by atoms with van der Waals surface area (Å²) in [6.45, 7) is 5.93. The van der Waals surface area contributed by atoms with Gasteiger partial charge >= 0.3 is 0 Å². The summed E-state index contributed by atoms with van der Waals surface area (Å²) in [6.07, 6.45) is 0.147. The average Bonchev–Trinajstić information content (AvgIpc) is 3.04. The molecule has 2 heterocycles. The lowest BCUT2D eigenvalue weighted by molar-refractivity contribution is -0.115. The number of aromatic nitrogens is 3. The fraction of sp³-hybridized carbons (Fsp3) is 0.174. The first-order chi connectivity index (χ1) is 13.9. The molecule has 2 aromatic carbocycles. The summed E-state index contributed by atoms with van der Waals surface area (Å²) >= 11 is 0. The van der Waals surface area contributed by atoms with Gasteiger partial charge in [-0.25, -0.2) is 9.37 Å². The number of benzene rings is 2. The summed E-state index contributed by atoms with van der Waals surface area (Å²) in [5, 5.41) is 8.52. The number of para-hydroxylation sites is 1. The summed E-state index contributed by atoms with van der Waals surface area (Å²) in [7, 11) is 0. The first kappa shape index (κ1) is 18.8. The highest BCUT2D eigenvalue weighted by Crippen LogP contribution is 2.24. The van der Waals surface area contributed by atoms with Gasteiger partial charge in [0.1, 0.15) is 11.6 Å². The van der Waals surface area contributed by atoms with E-state index in [0.717, 1.165) is 33.3 Å². The molecule has 0 spiro atoms. The van der Waals surface area contributed by atoms with Gasteiger partial charge in [0.15, 0.2) is 5.82 Å². The Kier molecular flexibility index (Phi) is 4.84. The molecule has 0 saturated heterocycles. The van der Waals surface area contributed by atoms with Crippen LogP contribution in [-0.2, 0) is 11.2 Å². The van der Waals surface area contributed by atoms with Crippen LogP contribution in [0.3, 0.4) is 0 Å². The number of hydrogen-bond acceptors (Lipinski definition) is 3. The number of carbonyl (C=O) groups is 1. The van der Waals surface area contributed by atoms with Gasteiger partial charge in [0, 0.05) is 11.5 Å². The number of carbonyl (C=O) groups excluding carboxylic acids is 1. The Labute approximate surface area is 168 Å². The third-order valence-electron chi connectivity index (χ3n) is 4.83. The molecule has 0 unspecified atom stereocenters. The maximum absolute atomic E-state index is 13.1. The molecule has 0 fully saturated rings. The molecule has 0 saturated carbocycles. The van der Waals surface area contributed by atoms with Crippen LogP contribution in [0.25, 0.3) is 16.7 Å². The number of hydrogen-bond donors (Lipinski definition) is 1. The van der Waals surface area contributed by atoms with Crippen LogP contribution in [0.1, 0.15) is 22.4 Å².